The Bertz CT molecular complexity index is 564. The van der Waals surface area contributed by atoms with Gasteiger partial charge >= 0.3 is 5.97 Å². The van der Waals surface area contributed by atoms with E-state index in [2.05, 4.69) is 22.9 Å². The standard InChI is InChI=1S/C14H17BrN2O4/c1-9-5-6-16(12(7-9)14(18)19)8-10-3-2-4-11(13(10)15)17(20)21/h2-4,9,12H,5-8H2,1H3,(H,18,19). The van der Waals surface area contributed by atoms with Crippen LogP contribution in [0.1, 0.15) is 25.3 Å². The topological polar surface area (TPSA) is 83.7 Å². The van der Waals surface area contributed by atoms with E-state index in [0.29, 0.717) is 29.9 Å². The fourth-order valence-corrected chi connectivity index (χ4v) is 3.22. The van der Waals surface area contributed by atoms with Gasteiger partial charge < -0.3 is 5.11 Å². The number of nitro groups is 1. The molecular formula is C14H17BrN2O4. The molecule has 0 amide bonds. The summed E-state index contributed by atoms with van der Waals surface area (Å²) in [5, 5.41) is 20.3. The van der Waals surface area contributed by atoms with Crippen molar-refractivity contribution in [1.29, 1.82) is 0 Å². The number of nitro benzene ring substituents is 1. The Morgan fingerprint density at radius 3 is 2.90 bits per heavy atom. The molecule has 1 heterocycles. The molecule has 2 unspecified atom stereocenters. The maximum absolute atomic E-state index is 11.4. The summed E-state index contributed by atoms with van der Waals surface area (Å²) in [4.78, 5) is 23.8. The highest BCUT2D eigenvalue weighted by molar-refractivity contribution is 9.10. The van der Waals surface area contributed by atoms with Crippen LogP contribution >= 0.6 is 15.9 Å². The predicted octanol–water partition coefficient (Wildman–Crippen LogP) is 3.04. The van der Waals surface area contributed by atoms with Gasteiger partial charge in [0.05, 0.1) is 9.40 Å². The summed E-state index contributed by atoms with van der Waals surface area (Å²) in [6, 6.07) is 4.31. The molecule has 0 aromatic heterocycles. The Kier molecular flexibility index (Phi) is 4.95. The van der Waals surface area contributed by atoms with Crippen LogP contribution in [-0.2, 0) is 11.3 Å². The van der Waals surface area contributed by atoms with Crippen LogP contribution in [0, 0.1) is 16.0 Å². The van der Waals surface area contributed by atoms with E-state index in [9.17, 15) is 20.0 Å². The summed E-state index contributed by atoms with van der Waals surface area (Å²) in [6.45, 7) is 3.13. The fourth-order valence-electron chi connectivity index (χ4n) is 2.68. The number of likely N-dealkylation sites (tertiary alicyclic amines) is 1. The van der Waals surface area contributed by atoms with Gasteiger partial charge in [0.15, 0.2) is 0 Å². The highest BCUT2D eigenvalue weighted by Crippen LogP contribution is 2.31. The maximum atomic E-state index is 11.4. The van der Waals surface area contributed by atoms with Gasteiger partial charge in [0.25, 0.3) is 5.69 Å². The van der Waals surface area contributed by atoms with Crippen LogP contribution in [0.15, 0.2) is 22.7 Å². The third-order valence-electron chi connectivity index (χ3n) is 3.89. The lowest BCUT2D eigenvalue weighted by atomic mass is 9.92. The first-order chi connectivity index (χ1) is 9.90. The number of carboxylic acids is 1. The lowest BCUT2D eigenvalue weighted by Crippen LogP contribution is -2.46. The Morgan fingerprint density at radius 2 is 2.29 bits per heavy atom. The zero-order valence-corrected chi connectivity index (χ0v) is 13.2. The van der Waals surface area contributed by atoms with Gasteiger partial charge in [-0.2, -0.15) is 0 Å². The van der Waals surface area contributed by atoms with Crippen molar-refractivity contribution in [1.82, 2.24) is 4.90 Å². The first-order valence-corrected chi connectivity index (χ1v) is 7.58. The zero-order valence-electron chi connectivity index (χ0n) is 11.7. The molecule has 7 heteroatoms. The van der Waals surface area contributed by atoms with Crippen LogP contribution in [0.5, 0.6) is 0 Å². The quantitative estimate of drug-likeness (QED) is 0.661. The highest BCUT2D eigenvalue weighted by Gasteiger charge is 2.32. The molecule has 1 N–H and O–H groups in total. The van der Waals surface area contributed by atoms with E-state index in [0.717, 1.165) is 12.0 Å². The minimum Gasteiger partial charge on any atom is -0.480 e. The Hall–Kier alpha value is -1.47. The third kappa shape index (κ3) is 3.59. The molecule has 1 aliphatic rings. The first-order valence-electron chi connectivity index (χ1n) is 6.78. The van der Waals surface area contributed by atoms with Gasteiger partial charge in [-0.05, 0) is 46.8 Å². The lowest BCUT2D eigenvalue weighted by Gasteiger charge is -2.36. The third-order valence-corrected chi connectivity index (χ3v) is 4.80. The van der Waals surface area contributed by atoms with E-state index in [4.69, 9.17) is 0 Å². The van der Waals surface area contributed by atoms with Crippen LogP contribution in [0.3, 0.4) is 0 Å². The van der Waals surface area contributed by atoms with Gasteiger partial charge in [-0.1, -0.05) is 19.1 Å². The van der Waals surface area contributed by atoms with Crippen molar-refractivity contribution in [2.75, 3.05) is 6.54 Å². The molecule has 1 aromatic rings. The average molecular weight is 357 g/mol. The largest absolute Gasteiger partial charge is 0.480 e. The zero-order chi connectivity index (χ0) is 15.6. The van der Waals surface area contributed by atoms with Crippen molar-refractivity contribution in [3.05, 3.63) is 38.3 Å². The van der Waals surface area contributed by atoms with Crippen LogP contribution in [0.2, 0.25) is 0 Å². The summed E-state index contributed by atoms with van der Waals surface area (Å²) in [6.07, 6.45) is 1.55. The van der Waals surface area contributed by atoms with Gasteiger partial charge in [-0.25, -0.2) is 0 Å². The second-order valence-electron chi connectivity index (χ2n) is 5.46. The molecule has 1 aliphatic heterocycles. The van der Waals surface area contributed by atoms with E-state index in [1.807, 2.05) is 4.90 Å². The Morgan fingerprint density at radius 1 is 1.57 bits per heavy atom. The molecule has 114 valence electrons. The molecule has 0 aliphatic carbocycles. The highest BCUT2D eigenvalue weighted by atomic mass is 79.9. The SMILES string of the molecule is CC1CCN(Cc2cccc([N+](=O)[O-])c2Br)C(C(=O)O)C1. The normalized spacial score (nSPS) is 23.0. The van der Waals surface area contributed by atoms with E-state index >= 15 is 0 Å². The second-order valence-corrected chi connectivity index (χ2v) is 6.25. The van der Waals surface area contributed by atoms with E-state index < -0.39 is 16.9 Å². The number of rotatable bonds is 4. The number of nitrogens with zero attached hydrogens (tertiary/aromatic N) is 2. The summed E-state index contributed by atoms with van der Waals surface area (Å²) >= 11 is 3.26. The molecule has 0 spiro atoms. The molecule has 1 saturated heterocycles. The van der Waals surface area contributed by atoms with E-state index in [1.54, 1.807) is 12.1 Å². The van der Waals surface area contributed by atoms with E-state index in [-0.39, 0.29) is 5.69 Å². The number of halogens is 1. The molecule has 2 rings (SSSR count). The van der Waals surface area contributed by atoms with Crippen molar-refractivity contribution in [2.24, 2.45) is 5.92 Å². The first kappa shape index (κ1) is 15.9. The van der Waals surface area contributed by atoms with Gasteiger partial charge in [0.2, 0.25) is 0 Å². The maximum Gasteiger partial charge on any atom is 0.320 e. The van der Waals surface area contributed by atoms with Gasteiger partial charge in [-0.3, -0.25) is 19.8 Å². The second kappa shape index (κ2) is 6.53. The number of benzene rings is 1. The predicted molar refractivity (Wildman–Crippen MR) is 81.0 cm³/mol. The molecule has 21 heavy (non-hydrogen) atoms. The van der Waals surface area contributed by atoms with Gasteiger partial charge in [0, 0.05) is 12.6 Å². The van der Waals surface area contributed by atoms with Crippen LogP contribution in [-0.4, -0.2) is 33.5 Å². The number of carbonyl (C=O) groups is 1. The fraction of sp³-hybridized carbons (Fsp3) is 0.500. The summed E-state index contributed by atoms with van der Waals surface area (Å²) in [5.74, 6) is -0.445. The molecule has 0 saturated carbocycles. The molecule has 1 fully saturated rings. The minimum atomic E-state index is -0.830. The van der Waals surface area contributed by atoms with Crippen LogP contribution in [0.25, 0.3) is 0 Å². The Balaban J connectivity index is 2.22. The van der Waals surface area contributed by atoms with Crippen LogP contribution in [0.4, 0.5) is 5.69 Å². The number of aliphatic carboxylic acids is 1. The number of hydrogen-bond donors (Lipinski definition) is 1. The van der Waals surface area contributed by atoms with Crippen molar-refractivity contribution >= 4 is 27.6 Å². The van der Waals surface area contributed by atoms with Gasteiger partial charge in [0.1, 0.15) is 6.04 Å². The molecule has 0 bridgehead atoms. The van der Waals surface area contributed by atoms with Gasteiger partial charge in [-0.15, -0.1) is 0 Å². The number of hydrogen-bond acceptors (Lipinski definition) is 4. The van der Waals surface area contributed by atoms with Crippen molar-refractivity contribution in [3.8, 4) is 0 Å². The molecule has 0 radical (unpaired) electrons. The minimum absolute atomic E-state index is 0.00440. The average Bonchev–Trinajstić information content (AvgIpc) is 2.42. The molecular weight excluding hydrogens is 340 g/mol. The van der Waals surface area contributed by atoms with Crippen LogP contribution < -0.4 is 0 Å². The summed E-state index contributed by atoms with van der Waals surface area (Å²) < 4.78 is 0.428. The summed E-state index contributed by atoms with van der Waals surface area (Å²) in [7, 11) is 0. The van der Waals surface area contributed by atoms with Crippen molar-refractivity contribution in [2.45, 2.75) is 32.4 Å². The Labute approximate surface area is 131 Å². The molecule has 6 nitrogen and oxygen atoms in total. The lowest BCUT2D eigenvalue weighted by molar-refractivity contribution is -0.385. The number of piperidine rings is 1. The molecule has 2 atom stereocenters. The molecule has 1 aromatic carbocycles. The van der Waals surface area contributed by atoms with Crippen molar-refractivity contribution < 1.29 is 14.8 Å². The van der Waals surface area contributed by atoms with Crippen molar-refractivity contribution in [3.63, 3.8) is 0 Å². The monoisotopic (exact) mass is 356 g/mol. The summed E-state index contributed by atoms with van der Waals surface area (Å²) in [5.41, 5.74) is 0.745. The smallest absolute Gasteiger partial charge is 0.320 e. The number of carboxylic acid groups (broad SMARTS) is 1. The van der Waals surface area contributed by atoms with E-state index in [1.165, 1.54) is 6.07 Å².